The van der Waals surface area contributed by atoms with Gasteiger partial charge in [-0.05, 0) is 37.1 Å². The Morgan fingerprint density at radius 2 is 1.93 bits per heavy atom. The third kappa shape index (κ3) is 3.27. The number of hydrogen-bond acceptors (Lipinski definition) is 6. The van der Waals surface area contributed by atoms with Gasteiger partial charge in [-0.1, -0.05) is 6.07 Å². The zero-order valence-electron chi connectivity index (χ0n) is 14.8. The molecule has 11 heteroatoms. The number of sulfonamides is 2. The van der Waals surface area contributed by atoms with E-state index in [0.717, 1.165) is 6.26 Å². The zero-order valence-corrected chi connectivity index (χ0v) is 16.4. The van der Waals surface area contributed by atoms with E-state index >= 15 is 0 Å². The van der Waals surface area contributed by atoms with Gasteiger partial charge in [0.15, 0.2) is 5.58 Å². The molecular weight excluding hydrogens is 406 g/mol. The number of aromatic nitrogens is 1. The molecule has 0 spiro atoms. The van der Waals surface area contributed by atoms with Crippen molar-refractivity contribution in [2.75, 3.05) is 21.8 Å². The third-order valence-electron chi connectivity index (χ3n) is 4.48. The number of fused-ring (bicyclic) bond motifs is 2. The lowest BCUT2D eigenvalue weighted by Gasteiger charge is -2.31. The highest BCUT2D eigenvalue weighted by Crippen LogP contribution is 2.36. The lowest BCUT2D eigenvalue weighted by Crippen LogP contribution is -2.35. The largest absolute Gasteiger partial charge is 0.417 e. The average molecular weight is 423 g/mol. The standard InChI is InChI=1S/C17H17N3O6S2/c1-27(22,23)19-13-5-2-6-15-12(13)4-3-9-20(15)28(24,25)11-7-8-14-16(10-11)26-17(21)18-14/h2,5-8,10,19H,3-4,9H2,1H3,(H,18,21). The van der Waals surface area contributed by atoms with Gasteiger partial charge in [0.05, 0.1) is 28.0 Å². The van der Waals surface area contributed by atoms with Gasteiger partial charge in [-0.25, -0.2) is 21.6 Å². The van der Waals surface area contributed by atoms with Gasteiger partial charge in [-0.2, -0.15) is 0 Å². The summed E-state index contributed by atoms with van der Waals surface area (Å²) < 4.78 is 58.4. The van der Waals surface area contributed by atoms with Gasteiger partial charge in [-0.3, -0.25) is 14.0 Å². The fraction of sp³-hybridized carbons (Fsp3) is 0.235. The quantitative estimate of drug-likeness (QED) is 0.656. The van der Waals surface area contributed by atoms with E-state index in [1.165, 1.54) is 22.5 Å². The van der Waals surface area contributed by atoms with Crippen LogP contribution in [0.1, 0.15) is 12.0 Å². The molecule has 148 valence electrons. The molecule has 0 fully saturated rings. The number of aromatic amines is 1. The summed E-state index contributed by atoms with van der Waals surface area (Å²) in [5.74, 6) is -0.663. The van der Waals surface area contributed by atoms with Crippen LogP contribution in [-0.4, -0.2) is 34.6 Å². The Morgan fingerprint density at radius 3 is 2.68 bits per heavy atom. The first-order chi connectivity index (χ1) is 13.1. The smallest absolute Gasteiger partial charge is 0.408 e. The van der Waals surface area contributed by atoms with Crippen LogP contribution in [0.15, 0.2) is 50.5 Å². The molecule has 2 N–H and O–H groups in total. The van der Waals surface area contributed by atoms with E-state index in [0.29, 0.717) is 35.3 Å². The highest BCUT2D eigenvalue weighted by atomic mass is 32.2. The van der Waals surface area contributed by atoms with Gasteiger partial charge in [0.2, 0.25) is 10.0 Å². The minimum Gasteiger partial charge on any atom is -0.408 e. The number of oxazole rings is 1. The molecule has 0 saturated heterocycles. The molecule has 0 bridgehead atoms. The molecule has 0 atom stereocenters. The molecule has 2 heterocycles. The summed E-state index contributed by atoms with van der Waals surface area (Å²) in [6, 6.07) is 9.03. The summed E-state index contributed by atoms with van der Waals surface area (Å²) in [6.45, 7) is 0.257. The van der Waals surface area contributed by atoms with Crippen molar-refractivity contribution in [1.82, 2.24) is 4.98 Å². The Morgan fingerprint density at radius 1 is 1.14 bits per heavy atom. The maximum Gasteiger partial charge on any atom is 0.417 e. The van der Waals surface area contributed by atoms with E-state index in [1.54, 1.807) is 18.2 Å². The number of H-pyrrole nitrogens is 1. The summed E-state index contributed by atoms with van der Waals surface area (Å²) >= 11 is 0. The minimum absolute atomic E-state index is 0.0166. The molecule has 0 amide bonds. The molecule has 1 aromatic heterocycles. The van der Waals surface area contributed by atoms with E-state index in [-0.39, 0.29) is 17.0 Å². The zero-order chi connectivity index (χ0) is 20.1. The van der Waals surface area contributed by atoms with Crippen LogP contribution in [0, 0.1) is 0 Å². The first-order valence-electron chi connectivity index (χ1n) is 8.40. The molecule has 0 unspecified atom stereocenters. The Balaban J connectivity index is 1.81. The maximum absolute atomic E-state index is 13.3. The van der Waals surface area contributed by atoms with Crippen molar-refractivity contribution in [2.24, 2.45) is 0 Å². The van der Waals surface area contributed by atoms with E-state index < -0.39 is 25.8 Å². The van der Waals surface area contributed by atoms with Gasteiger partial charge in [0.1, 0.15) is 0 Å². The average Bonchev–Trinajstić information content (AvgIpc) is 2.99. The van der Waals surface area contributed by atoms with Crippen LogP contribution < -0.4 is 14.8 Å². The molecule has 0 radical (unpaired) electrons. The van der Waals surface area contributed by atoms with E-state index in [2.05, 4.69) is 9.71 Å². The van der Waals surface area contributed by atoms with Crippen molar-refractivity contribution in [3.05, 3.63) is 52.5 Å². The molecule has 3 aromatic rings. The van der Waals surface area contributed by atoms with Crippen LogP contribution in [-0.2, 0) is 26.5 Å². The van der Waals surface area contributed by atoms with Gasteiger partial charge >= 0.3 is 5.76 Å². The summed E-state index contributed by atoms with van der Waals surface area (Å²) in [5, 5.41) is 0. The van der Waals surface area contributed by atoms with Crippen LogP contribution in [0.3, 0.4) is 0 Å². The second-order valence-corrected chi connectivity index (χ2v) is 10.1. The van der Waals surface area contributed by atoms with Gasteiger partial charge in [0.25, 0.3) is 10.0 Å². The van der Waals surface area contributed by atoms with E-state index in [1.807, 2.05) is 0 Å². The number of rotatable bonds is 4. The van der Waals surface area contributed by atoms with Gasteiger partial charge in [0, 0.05) is 18.2 Å². The first-order valence-corrected chi connectivity index (χ1v) is 11.7. The second kappa shape index (κ2) is 6.38. The summed E-state index contributed by atoms with van der Waals surface area (Å²) in [6.07, 6.45) is 2.13. The first kappa shape index (κ1) is 18.6. The molecule has 9 nitrogen and oxygen atoms in total. The highest BCUT2D eigenvalue weighted by molar-refractivity contribution is 7.93. The SMILES string of the molecule is CS(=O)(=O)Nc1cccc2c1CCCN2S(=O)(=O)c1ccc2[nH]c(=O)oc2c1. The van der Waals surface area contributed by atoms with Gasteiger partial charge in [-0.15, -0.1) is 0 Å². The summed E-state index contributed by atoms with van der Waals surface area (Å²) in [4.78, 5) is 13.8. The van der Waals surface area contributed by atoms with Gasteiger partial charge < -0.3 is 4.42 Å². The number of nitrogens with zero attached hydrogens (tertiary/aromatic N) is 1. The number of nitrogens with one attached hydrogen (secondary N) is 2. The molecular formula is C17H17N3O6S2. The molecule has 4 rings (SSSR count). The maximum atomic E-state index is 13.3. The molecule has 0 saturated carbocycles. The predicted octanol–water partition coefficient (Wildman–Crippen LogP) is 1.63. The lowest BCUT2D eigenvalue weighted by molar-refractivity contribution is 0.553. The van der Waals surface area contributed by atoms with Crippen molar-refractivity contribution in [3.63, 3.8) is 0 Å². The van der Waals surface area contributed by atoms with Crippen LogP contribution >= 0.6 is 0 Å². The van der Waals surface area contributed by atoms with Crippen LogP contribution in [0.4, 0.5) is 11.4 Å². The number of anilines is 2. The normalized spacial score (nSPS) is 14.8. The fourth-order valence-corrected chi connectivity index (χ4v) is 5.49. The Labute approximate surface area is 161 Å². The van der Waals surface area contributed by atoms with Crippen LogP contribution in [0.25, 0.3) is 11.1 Å². The Bertz CT molecular complexity index is 1340. The summed E-state index contributed by atoms with van der Waals surface area (Å²) in [5.41, 5.74) is 1.97. The summed E-state index contributed by atoms with van der Waals surface area (Å²) in [7, 11) is -7.44. The topological polar surface area (TPSA) is 130 Å². The molecule has 1 aliphatic rings. The Hall–Kier alpha value is -2.79. The van der Waals surface area contributed by atoms with Crippen LogP contribution in [0.5, 0.6) is 0 Å². The van der Waals surface area contributed by atoms with Crippen molar-refractivity contribution >= 4 is 42.5 Å². The third-order valence-corrected chi connectivity index (χ3v) is 6.88. The number of hydrogen-bond donors (Lipinski definition) is 2. The molecule has 28 heavy (non-hydrogen) atoms. The monoisotopic (exact) mass is 423 g/mol. The van der Waals surface area contributed by atoms with Crippen LogP contribution in [0.2, 0.25) is 0 Å². The molecule has 1 aliphatic heterocycles. The fourth-order valence-electron chi connectivity index (χ4n) is 3.35. The van der Waals surface area contributed by atoms with Crippen molar-refractivity contribution in [3.8, 4) is 0 Å². The highest BCUT2D eigenvalue weighted by Gasteiger charge is 2.31. The molecule has 2 aromatic carbocycles. The van der Waals surface area contributed by atoms with Crippen molar-refractivity contribution in [2.45, 2.75) is 17.7 Å². The van der Waals surface area contributed by atoms with E-state index in [9.17, 15) is 21.6 Å². The van der Waals surface area contributed by atoms with Crippen molar-refractivity contribution < 1.29 is 21.3 Å². The second-order valence-electron chi connectivity index (χ2n) is 6.53. The predicted molar refractivity (Wildman–Crippen MR) is 105 cm³/mol. The van der Waals surface area contributed by atoms with E-state index in [4.69, 9.17) is 4.42 Å². The van der Waals surface area contributed by atoms with Crippen molar-refractivity contribution in [1.29, 1.82) is 0 Å². The minimum atomic E-state index is -3.94. The number of benzene rings is 2. The lowest BCUT2D eigenvalue weighted by atomic mass is 10.0. The Kier molecular flexibility index (Phi) is 4.23. The molecule has 0 aliphatic carbocycles.